The second-order valence-corrected chi connectivity index (χ2v) is 5.75. The summed E-state index contributed by atoms with van der Waals surface area (Å²) in [5, 5.41) is 3.32. The molecule has 0 radical (unpaired) electrons. The van der Waals surface area contributed by atoms with Gasteiger partial charge in [0.15, 0.2) is 0 Å². The Hall–Kier alpha value is -1.10. The van der Waals surface area contributed by atoms with Crippen LogP contribution in [0.25, 0.3) is 0 Å². The van der Waals surface area contributed by atoms with Crippen LogP contribution in [0.4, 0.5) is 11.9 Å². The predicted molar refractivity (Wildman–Crippen MR) is 74.2 cm³/mol. The van der Waals surface area contributed by atoms with Crippen molar-refractivity contribution >= 4 is 23.5 Å². The van der Waals surface area contributed by atoms with E-state index in [1.165, 1.54) is 0 Å². The number of halogens is 1. The number of hydrogen-bond acceptors (Lipinski definition) is 5. The Labute approximate surface area is 113 Å². The monoisotopic (exact) mass is 269 g/mol. The van der Waals surface area contributed by atoms with Crippen LogP contribution >= 0.6 is 11.6 Å². The number of aromatic nitrogens is 3. The van der Waals surface area contributed by atoms with Crippen molar-refractivity contribution in [2.45, 2.75) is 33.6 Å². The SMILES string of the molecule is CCNc1nc(Cl)nc(N2CCC(C)(C)CC2)n1. The van der Waals surface area contributed by atoms with Crippen molar-refractivity contribution < 1.29 is 0 Å². The predicted octanol–water partition coefficient (Wildman–Crippen LogP) is 2.58. The zero-order valence-electron chi connectivity index (χ0n) is 11.2. The number of nitrogens with zero attached hydrogens (tertiary/aromatic N) is 4. The number of anilines is 2. The molecule has 0 amide bonds. The molecule has 0 saturated carbocycles. The summed E-state index contributed by atoms with van der Waals surface area (Å²) in [6, 6.07) is 0. The first-order valence-corrected chi connectivity index (χ1v) is 6.78. The first-order valence-electron chi connectivity index (χ1n) is 6.40. The van der Waals surface area contributed by atoms with Gasteiger partial charge in [0, 0.05) is 19.6 Å². The van der Waals surface area contributed by atoms with Crippen LogP contribution in [-0.2, 0) is 0 Å². The molecule has 0 unspecified atom stereocenters. The Kier molecular flexibility index (Phi) is 3.90. The number of nitrogens with one attached hydrogen (secondary N) is 1. The molecule has 0 aromatic carbocycles. The highest BCUT2D eigenvalue weighted by molar-refractivity contribution is 6.28. The summed E-state index contributed by atoms with van der Waals surface area (Å²) in [7, 11) is 0. The first-order chi connectivity index (χ1) is 8.50. The number of piperidine rings is 1. The van der Waals surface area contributed by atoms with E-state index in [4.69, 9.17) is 11.6 Å². The van der Waals surface area contributed by atoms with E-state index in [-0.39, 0.29) is 5.28 Å². The fourth-order valence-electron chi connectivity index (χ4n) is 2.03. The third-order valence-electron chi connectivity index (χ3n) is 3.33. The van der Waals surface area contributed by atoms with Crippen LogP contribution in [0.1, 0.15) is 33.6 Å². The zero-order chi connectivity index (χ0) is 13.2. The quantitative estimate of drug-likeness (QED) is 0.914. The van der Waals surface area contributed by atoms with Crippen molar-refractivity contribution in [1.82, 2.24) is 15.0 Å². The Morgan fingerprint density at radius 1 is 1.22 bits per heavy atom. The van der Waals surface area contributed by atoms with Gasteiger partial charge >= 0.3 is 0 Å². The minimum absolute atomic E-state index is 0.251. The first kappa shape index (κ1) is 13.3. The van der Waals surface area contributed by atoms with Crippen LogP contribution in [-0.4, -0.2) is 34.6 Å². The smallest absolute Gasteiger partial charge is 0.231 e. The molecule has 1 saturated heterocycles. The molecule has 18 heavy (non-hydrogen) atoms. The van der Waals surface area contributed by atoms with Crippen LogP contribution in [0.5, 0.6) is 0 Å². The minimum Gasteiger partial charge on any atom is -0.354 e. The van der Waals surface area contributed by atoms with Gasteiger partial charge in [0.1, 0.15) is 0 Å². The van der Waals surface area contributed by atoms with E-state index < -0.39 is 0 Å². The topological polar surface area (TPSA) is 53.9 Å². The van der Waals surface area contributed by atoms with Crippen molar-refractivity contribution in [2.24, 2.45) is 5.41 Å². The van der Waals surface area contributed by atoms with Gasteiger partial charge in [0.25, 0.3) is 0 Å². The summed E-state index contributed by atoms with van der Waals surface area (Å²) in [6.45, 7) is 9.31. The lowest BCUT2D eigenvalue weighted by Gasteiger charge is -2.36. The zero-order valence-corrected chi connectivity index (χ0v) is 12.0. The highest BCUT2D eigenvalue weighted by Crippen LogP contribution is 2.31. The van der Waals surface area contributed by atoms with E-state index in [1.807, 2.05) is 6.92 Å². The molecule has 1 aromatic heterocycles. The van der Waals surface area contributed by atoms with Crippen molar-refractivity contribution in [3.8, 4) is 0 Å². The Morgan fingerprint density at radius 2 is 1.89 bits per heavy atom. The molecule has 1 aliphatic rings. The Balaban J connectivity index is 2.13. The molecule has 6 heteroatoms. The fraction of sp³-hybridized carbons (Fsp3) is 0.750. The van der Waals surface area contributed by atoms with E-state index in [0.29, 0.717) is 17.3 Å². The van der Waals surface area contributed by atoms with Gasteiger partial charge in [-0.2, -0.15) is 15.0 Å². The van der Waals surface area contributed by atoms with Crippen molar-refractivity contribution in [1.29, 1.82) is 0 Å². The highest BCUT2D eigenvalue weighted by atomic mass is 35.5. The molecule has 0 atom stereocenters. The molecular weight excluding hydrogens is 250 g/mol. The maximum atomic E-state index is 5.93. The van der Waals surface area contributed by atoms with Crippen LogP contribution in [0, 0.1) is 5.41 Å². The molecule has 100 valence electrons. The summed E-state index contributed by atoms with van der Waals surface area (Å²) < 4.78 is 0. The summed E-state index contributed by atoms with van der Waals surface area (Å²) in [4.78, 5) is 14.9. The standard InChI is InChI=1S/C12H20ClN5/c1-4-14-10-15-9(13)16-11(17-10)18-7-5-12(2,3)6-8-18/h4-8H2,1-3H3,(H,14,15,16,17). The average Bonchev–Trinajstić information content (AvgIpc) is 2.28. The molecule has 5 nitrogen and oxygen atoms in total. The van der Waals surface area contributed by atoms with Crippen LogP contribution in [0.3, 0.4) is 0 Å². The molecule has 1 fully saturated rings. The van der Waals surface area contributed by atoms with Crippen LogP contribution in [0.2, 0.25) is 5.28 Å². The van der Waals surface area contributed by atoms with Gasteiger partial charge in [0.2, 0.25) is 17.2 Å². The lowest BCUT2D eigenvalue weighted by molar-refractivity contribution is 0.278. The molecule has 0 bridgehead atoms. The van der Waals surface area contributed by atoms with E-state index in [1.54, 1.807) is 0 Å². The Morgan fingerprint density at radius 3 is 2.50 bits per heavy atom. The molecular formula is C12H20ClN5. The van der Waals surface area contributed by atoms with E-state index in [9.17, 15) is 0 Å². The van der Waals surface area contributed by atoms with Crippen molar-refractivity contribution in [3.05, 3.63) is 5.28 Å². The lowest BCUT2D eigenvalue weighted by Crippen LogP contribution is -2.38. The third-order valence-corrected chi connectivity index (χ3v) is 3.50. The van der Waals surface area contributed by atoms with Gasteiger partial charge in [-0.3, -0.25) is 0 Å². The lowest BCUT2D eigenvalue weighted by atomic mass is 9.83. The number of rotatable bonds is 3. The van der Waals surface area contributed by atoms with Gasteiger partial charge in [-0.15, -0.1) is 0 Å². The average molecular weight is 270 g/mol. The Bertz CT molecular complexity index is 411. The van der Waals surface area contributed by atoms with Gasteiger partial charge in [-0.05, 0) is 36.8 Å². The summed E-state index contributed by atoms with van der Waals surface area (Å²) >= 11 is 5.93. The maximum absolute atomic E-state index is 5.93. The summed E-state index contributed by atoms with van der Waals surface area (Å²) in [5.41, 5.74) is 0.415. The van der Waals surface area contributed by atoms with Crippen LogP contribution in [0.15, 0.2) is 0 Å². The van der Waals surface area contributed by atoms with Gasteiger partial charge < -0.3 is 10.2 Å². The minimum atomic E-state index is 0.251. The van der Waals surface area contributed by atoms with Gasteiger partial charge in [-0.25, -0.2) is 0 Å². The number of hydrogen-bond donors (Lipinski definition) is 1. The highest BCUT2D eigenvalue weighted by Gasteiger charge is 2.27. The second kappa shape index (κ2) is 5.26. The van der Waals surface area contributed by atoms with Crippen molar-refractivity contribution in [2.75, 3.05) is 29.9 Å². The summed E-state index contributed by atoms with van der Waals surface area (Å²) in [6.07, 6.45) is 2.29. The normalized spacial score (nSPS) is 18.8. The largest absolute Gasteiger partial charge is 0.354 e. The maximum Gasteiger partial charge on any atom is 0.231 e. The summed E-state index contributed by atoms with van der Waals surface area (Å²) in [5.74, 6) is 1.23. The molecule has 0 spiro atoms. The molecule has 2 rings (SSSR count). The molecule has 1 aliphatic heterocycles. The molecule has 1 aromatic rings. The van der Waals surface area contributed by atoms with Crippen molar-refractivity contribution in [3.63, 3.8) is 0 Å². The fourth-order valence-corrected chi connectivity index (χ4v) is 2.19. The van der Waals surface area contributed by atoms with Crippen LogP contribution < -0.4 is 10.2 Å². The molecule has 1 N–H and O–H groups in total. The van der Waals surface area contributed by atoms with Gasteiger partial charge in [-0.1, -0.05) is 13.8 Å². The van der Waals surface area contributed by atoms with Gasteiger partial charge in [0.05, 0.1) is 0 Å². The molecule has 2 heterocycles. The van der Waals surface area contributed by atoms with E-state index in [2.05, 4.69) is 39.0 Å². The van der Waals surface area contributed by atoms with E-state index >= 15 is 0 Å². The third kappa shape index (κ3) is 3.22. The second-order valence-electron chi connectivity index (χ2n) is 5.41. The van der Waals surface area contributed by atoms with E-state index in [0.717, 1.165) is 32.5 Å². The molecule has 0 aliphatic carbocycles.